The lowest BCUT2D eigenvalue weighted by Crippen LogP contribution is -2.63. The minimum absolute atomic E-state index is 0.211. The van der Waals surface area contributed by atoms with Crippen LogP contribution < -0.4 is 5.73 Å². The van der Waals surface area contributed by atoms with Crippen LogP contribution in [0, 0.1) is 0 Å². The summed E-state index contributed by atoms with van der Waals surface area (Å²) in [5, 5.41) is 9.80. The standard InChI is InChI=1S/C21H27NO5/c1-24-21-18(22)20(26-14-16-10-6-3-7-11-16)19(17(12-23)27-21)25-13-15-8-4-2-5-9-15/h2-11,17-21,23H,12-14,22H2,1H3/t17-,18-,19-,20-,21+/m1/s1. The molecule has 1 saturated heterocycles. The van der Waals surface area contributed by atoms with E-state index in [0.717, 1.165) is 11.1 Å². The van der Waals surface area contributed by atoms with E-state index in [4.69, 9.17) is 24.7 Å². The Hall–Kier alpha value is -1.80. The van der Waals surface area contributed by atoms with Gasteiger partial charge in [-0.3, -0.25) is 0 Å². The highest BCUT2D eigenvalue weighted by atomic mass is 16.7. The largest absolute Gasteiger partial charge is 0.394 e. The van der Waals surface area contributed by atoms with Crippen LogP contribution >= 0.6 is 0 Å². The molecule has 2 aromatic carbocycles. The quantitative estimate of drug-likeness (QED) is 0.735. The van der Waals surface area contributed by atoms with Crippen LogP contribution in [0.25, 0.3) is 0 Å². The van der Waals surface area contributed by atoms with Gasteiger partial charge in [-0.15, -0.1) is 0 Å². The second kappa shape index (κ2) is 9.94. The number of hydrogen-bond acceptors (Lipinski definition) is 6. The van der Waals surface area contributed by atoms with Gasteiger partial charge in [0, 0.05) is 7.11 Å². The fraction of sp³-hybridized carbons (Fsp3) is 0.429. The molecule has 3 rings (SSSR count). The molecule has 5 atom stereocenters. The monoisotopic (exact) mass is 373 g/mol. The van der Waals surface area contributed by atoms with E-state index in [9.17, 15) is 5.11 Å². The number of ether oxygens (including phenoxy) is 4. The molecule has 0 aliphatic carbocycles. The maximum atomic E-state index is 9.80. The summed E-state index contributed by atoms with van der Waals surface area (Å²) in [5.41, 5.74) is 8.40. The van der Waals surface area contributed by atoms with Crippen molar-refractivity contribution in [1.82, 2.24) is 0 Å². The van der Waals surface area contributed by atoms with Crippen molar-refractivity contribution in [3.63, 3.8) is 0 Å². The van der Waals surface area contributed by atoms with Crippen LogP contribution in [0.3, 0.4) is 0 Å². The first-order valence-corrected chi connectivity index (χ1v) is 9.08. The molecule has 2 aromatic rings. The van der Waals surface area contributed by atoms with Gasteiger partial charge in [0.2, 0.25) is 0 Å². The van der Waals surface area contributed by atoms with E-state index in [0.29, 0.717) is 13.2 Å². The van der Waals surface area contributed by atoms with Crippen molar-refractivity contribution in [3.8, 4) is 0 Å². The molecule has 0 aromatic heterocycles. The molecule has 27 heavy (non-hydrogen) atoms. The van der Waals surface area contributed by atoms with E-state index in [1.54, 1.807) is 0 Å². The topological polar surface area (TPSA) is 83.2 Å². The zero-order valence-electron chi connectivity index (χ0n) is 15.4. The average molecular weight is 373 g/mol. The number of benzene rings is 2. The van der Waals surface area contributed by atoms with E-state index in [-0.39, 0.29) is 6.61 Å². The second-order valence-corrected chi connectivity index (χ2v) is 6.56. The third kappa shape index (κ3) is 5.13. The highest BCUT2D eigenvalue weighted by Gasteiger charge is 2.45. The molecule has 3 N–H and O–H groups in total. The van der Waals surface area contributed by atoms with Crippen molar-refractivity contribution in [3.05, 3.63) is 71.8 Å². The molecule has 0 bridgehead atoms. The smallest absolute Gasteiger partial charge is 0.175 e. The van der Waals surface area contributed by atoms with Crippen LogP contribution in [0.1, 0.15) is 11.1 Å². The molecule has 1 heterocycles. The number of nitrogens with two attached hydrogens (primary N) is 1. The molecule has 0 radical (unpaired) electrons. The zero-order chi connectivity index (χ0) is 19.1. The molecular weight excluding hydrogens is 346 g/mol. The first-order valence-electron chi connectivity index (χ1n) is 9.08. The van der Waals surface area contributed by atoms with Gasteiger partial charge < -0.3 is 29.8 Å². The number of aliphatic hydroxyl groups excluding tert-OH is 1. The Balaban J connectivity index is 1.73. The third-order valence-electron chi connectivity index (χ3n) is 4.68. The molecule has 146 valence electrons. The molecule has 6 heteroatoms. The minimum atomic E-state index is -0.667. The molecular formula is C21H27NO5. The molecule has 0 amide bonds. The van der Waals surface area contributed by atoms with Gasteiger partial charge in [-0.25, -0.2) is 0 Å². The van der Waals surface area contributed by atoms with E-state index in [1.165, 1.54) is 7.11 Å². The fourth-order valence-corrected chi connectivity index (χ4v) is 3.23. The van der Waals surface area contributed by atoms with Crippen molar-refractivity contribution in [2.45, 2.75) is 43.9 Å². The number of hydrogen-bond donors (Lipinski definition) is 2. The predicted octanol–water partition coefficient (Wildman–Crippen LogP) is 1.85. The summed E-state index contributed by atoms with van der Waals surface area (Å²) < 4.78 is 23.3. The van der Waals surface area contributed by atoms with Gasteiger partial charge in [0.05, 0.1) is 25.9 Å². The first-order chi connectivity index (χ1) is 13.2. The zero-order valence-corrected chi connectivity index (χ0v) is 15.4. The van der Waals surface area contributed by atoms with Crippen molar-refractivity contribution in [2.24, 2.45) is 5.73 Å². The summed E-state index contributed by atoms with van der Waals surface area (Å²) in [6.07, 6.45) is -2.25. The molecule has 1 aliphatic rings. The lowest BCUT2D eigenvalue weighted by Gasteiger charge is -2.44. The Morgan fingerprint density at radius 2 is 1.41 bits per heavy atom. The molecule has 0 saturated carbocycles. The highest BCUT2D eigenvalue weighted by Crippen LogP contribution is 2.27. The van der Waals surface area contributed by atoms with Crippen molar-refractivity contribution in [2.75, 3.05) is 13.7 Å². The Morgan fingerprint density at radius 3 is 1.89 bits per heavy atom. The van der Waals surface area contributed by atoms with Gasteiger partial charge in [-0.1, -0.05) is 60.7 Å². The van der Waals surface area contributed by atoms with Crippen LogP contribution in [0.5, 0.6) is 0 Å². The first kappa shape index (κ1) is 19.9. The minimum Gasteiger partial charge on any atom is -0.394 e. The second-order valence-electron chi connectivity index (χ2n) is 6.56. The summed E-state index contributed by atoms with van der Waals surface area (Å²) in [6, 6.07) is 19.1. The molecule has 1 aliphatic heterocycles. The lowest BCUT2D eigenvalue weighted by molar-refractivity contribution is -0.277. The Labute approximate surface area is 159 Å². The SMILES string of the molecule is CO[C@H]1O[C@H](CO)[C@@H](OCc2ccccc2)[C@H](OCc2ccccc2)[C@H]1N. The Kier molecular flexibility index (Phi) is 7.34. The van der Waals surface area contributed by atoms with Gasteiger partial charge in [-0.05, 0) is 11.1 Å². The van der Waals surface area contributed by atoms with Crippen LogP contribution in [0.15, 0.2) is 60.7 Å². The van der Waals surface area contributed by atoms with Gasteiger partial charge in [0.25, 0.3) is 0 Å². The lowest BCUT2D eigenvalue weighted by atomic mass is 9.97. The predicted molar refractivity (Wildman–Crippen MR) is 101 cm³/mol. The van der Waals surface area contributed by atoms with Crippen LogP contribution in [0.4, 0.5) is 0 Å². The molecule has 0 spiro atoms. The van der Waals surface area contributed by atoms with E-state index >= 15 is 0 Å². The Bertz CT molecular complexity index is 669. The average Bonchev–Trinajstić information content (AvgIpc) is 2.73. The summed E-state index contributed by atoms with van der Waals surface area (Å²) in [6.45, 7) is 0.553. The van der Waals surface area contributed by atoms with Gasteiger partial charge in [0.15, 0.2) is 6.29 Å². The van der Waals surface area contributed by atoms with Crippen LogP contribution in [0.2, 0.25) is 0 Å². The summed E-state index contributed by atoms with van der Waals surface area (Å²) in [5.74, 6) is 0. The molecule has 0 unspecified atom stereocenters. The summed E-state index contributed by atoms with van der Waals surface area (Å²) in [7, 11) is 1.53. The van der Waals surface area contributed by atoms with Crippen molar-refractivity contribution >= 4 is 0 Å². The number of rotatable bonds is 8. The molecule has 6 nitrogen and oxygen atoms in total. The van der Waals surface area contributed by atoms with Gasteiger partial charge >= 0.3 is 0 Å². The summed E-state index contributed by atoms with van der Waals surface area (Å²) >= 11 is 0. The van der Waals surface area contributed by atoms with E-state index in [1.807, 2.05) is 60.7 Å². The highest BCUT2D eigenvalue weighted by molar-refractivity contribution is 5.14. The van der Waals surface area contributed by atoms with Crippen LogP contribution in [-0.2, 0) is 32.2 Å². The molecule has 1 fully saturated rings. The number of aliphatic hydroxyl groups is 1. The van der Waals surface area contributed by atoms with E-state index in [2.05, 4.69) is 0 Å². The van der Waals surface area contributed by atoms with Crippen molar-refractivity contribution in [1.29, 1.82) is 0 Å². The maximum absolute atomic E-state index is 9.80. The Morgan fingerprint density at radius 1 is 0.889 bits per heavy atom. The third-order valence-corrected chi connectivity index (χ3v) is 4.68. The van der Waals surface area contributed by atoms with Crippen molar-refractivity contribution < 1.29 is 24.1 Å². The fourth-order valence-electron chi connectivity index (χ4n) is 3.23. The van der Waals surface area contributed by atoms with E-state index < -0.39 is 30.6 Å². The van der Waals surface area contributed by atoms with Gasteiger partial charge in [-0.2, -0.15) is 0 Å². The maximum Gasteiger partial charge on any atom is 0.175 e. The van der Waals surface area contributed by atoms with Gasteiger partial charge in [0.1, 0.15) is 18.3 Å². The normalized spacial score (nSPS) is 28.2. The number of methoxy groups -OCH3 is 1. The summed E-state index contributed by atoms with van der Waals surface area (Å²) in [4.78, 5) is 0. The van der Waals surface area contributed by atoms with Crippen LogP contribution in [-0.4, -0.2) is 49.5 Å².